The van der Waals surface area contributed by atoms with Crippen LogP contribution in [0.25, 0.3) is 0 Å². The van der Waals surface area contributed by atoms with Gasteiger partial charge >= 0.3 is 0 Å². The number of hydrogen-bond donors (Lipinski definition) is 2. The topological polar surface area (TPSA) is 79.8 Å². The Labute approximate surface area is 146 Å². The first-order valence-electron chi connectivity index (χ1n) is 7.95. The van der Waals surface area contributed by atoms with E-state index in [4.69, 9.17) is 0 Å². The molecule has 126 valence electrons. The van der Waals surface area contributed by atoms with E-state index in [2.05, 4.69) is 31.7 Å². The number of nitrogens with one attached hydrogen (secondary N) is 2. The summed E-state index contributed by atoms with van der Waals surface area (Å²) in [6.45, 7) is 4.46. The monoisotopic (exact) mass is 333 g/mol. The van der Waals surface area contributed by atoms with Crippen LogP contribution < -0.4 is 10.6 Å². The van der Waals surface area contributed by atoms with E-state index in [0.717, 1.165) is 22.4 Å². The number of hydrogen-bond acceptors (Lipinski definition) is 5. The van der Waals surface area contributed by atoms with Crippen molar-refractivity contribution in [2.24, 2.45) is 0 Å². The molecule has 0 unspecified atom stereocenters. The first-order valence-corrected chi connectivity index (χ1v) is 7.95. The lowest BCUT2D eigenvalue weighted by atomic mass is 10.1. The van der Waals surface area contributed by atoms with Crippen LogP contribution in [0.5, 0.6) is 0 Å². The maximum atomic E-state index is 12.3. The summed E-state index contributed by atoms with van der Waals surface area (Å²) in [4.78, 5) is 24.8. The highest BCUT2D eigenvalue weighted by Crippen LogP contribution is 2.17. The number of carbonyl (C=O) groups is 1. The molecule has 0 saturated heterocycles. The van der Waals surface area contributed by atoms with Gasteiger partial charge in [0, 0.05) is 30.8 Å². The van der Waals surface area contributed by atoms with Crippen LogP contribution in [0, 0.1) is 13.8 Å². The third-order valence-electron chi connectivity index (χ3n) is 3.54. The fourth-order valence-electron chi connectivity index (χ4n) is 2.50. The quantitative estimate of drug-likeness (QED) is 0.750. The minimum absolute atomic E-state index is 0.255. The summed E-state index contributed by atoms with van der Waals surface area (Å²) >= 11 is 0. The van der Waals surface area contributed by atoms with Gasteiger partial charge in [-0.1, -0.05) is 12.1 Å². The highest BCUT2D eigenvalue weighted by atomic mass is 16.1. The molecule has 2 heterocycles. The Morgan fingerprint density at radius 3 is 2.60 bits per heavy atom. The van der Waals surface area contributed by atoms with Gasteiger partial charge in [-0.15, -0.1) is 0 Å². The van der Waals surface area contributed by atoms with E-state index in [1.165, 1.54) is 0 Å². The molecule has 0 radical (unpaired) electrons. The SMILES string of the molecule is Cc1cc(C)cc(Nc2nccc(C(=O)NCc3cccnc3)n2)c1. The zero-order chi connectivity index (χ0) is 17.6. The summed E-state index contributed by atoms with van der Waals surface area (Å²) in [5, 5.41) is 5.97. The molecule has 0 saturated carbocycles. The number of amides is 1. The molecule has 0 aliphatic heterocycles. The molecule has 0 atom stereocenters. The minimum atomic E-state index is -0.255. The fourth-order valence-corrected chi connectivity index (χ4v) is 2.50. The van der Waals surface area contributed by atoms with E-state index >= 15 is 0 Å². The average molecular weight is 333 g/mol. The highest BCUT2D eigenvalue weighted by Gasteiger charge is 2.09. The number of nitrogens with zero attached hydrogens (tertiary/aromatic N) is 3. The van der Waals surface area contributed by atoms with Crippen LogP contribution in [0.3, 0.4) is 0 Å². The van der Waals surface area contributed by atoms with Crippen LogP contribution >= 0.6 is 0 Å². The molecule has 0 fully saturated rings. The second-order valence-corrected chi connectivity index (χ2v) is 5.81. The summed E-state index contributed by atoms with van der Waals surface area (Å²) in [6.07, 6.45) is 4.98. The summed E-state index contributed by atoms with van der Waals surface area (Å²) in [7, 11) is 0. The van der Waals surface area contributed by atoms with E-state index in [1.807, 2.05) is 38.1 Å². The summed E-state index contributed by atoms with van der Waals surface area (Å²) in [5.74, 6) is 0.133. The maximum absolute atomic E-state index is 12.3. The zero-order valence-electron chi connectivity index (χ0n) is 14.2. The number of anilines is 2. The third-order valence-corrected chi connectivity index (χ3v) is 3.54. The summed E-state index contributed by atoms with van der Waals surface area (Å²) in [5.41, 5.74) is 4.43. The van der Waals surface area contributed by atoms with Gasteiger partial charge in [0.15, 0.2) is 0 Å². The van der Waals surface area contributed by atoms with Crippen molar-refractivity contribution in [2.75, 3.05) is 5.32 Å². The van der Waals surface area contributed by atoms with E-state index < -0.39 is 0 Å². The molecule has 1 aromatic carbocycles. The van der Waals surface area contributed by atoms with Crippen LogP contribution in [-0.4, -0.2) is 20.9 Å². The fraction of sp³-hybridized carbons (Fsp3) is 0.158. The molecule has 2 aromatic heterocycles. The van der Waals surface area contributed by atoms with Crippen molar-refractivity contribution < 1.29 is 4.79 Å². The van der Waals surface area contributed by atoms with Crippen molar-refractivity contribution in [1.29, 1.82) is 0 Å². The first kappa shape index (κ1) is 16.6. The lowest BCUT2D eigenvalue weighted by Gasteiger charge is -2.09. The van der Waals surface area contributed by atoms with Gasteiger partial charge in [-0.2, -0.15) is 0 Å². The number of benzene rings is 1. The summed E-state index contributed by atoms with van der Waals surface area (Å²) < 4.78 is 0. The molecule has 1 amide bonds. The van der Waals surface area contributed by atoms with Crippen LogP contribution in [0.2, 0.25) is 0 Å². The number of pyridine rings is 1. The van der Waals surface area contributed by atoms with Gasteiger partial charge in [0.25, 0.3) is 5.91 Å². The normalized spacial score (nSPS) is 10.3. The molecule has 25 heavy (non-hydrogen) atoms. The molecule has 3 aromatic rings. The van der Waals surface area contributed by atoms with Crippen molar-refractivity contribution in [1.82, 2.24) is 20.3 Å². The Balaban J connectivity index is 1.69. The molecule has 0 bridgehead atoms. The van der Waals surface area contributed by atoms with Crippen molar-refractivity contribution >= 4 is 17.5 Å². The molecule has 0 spiro atoms. The zero-order valence-corrected chi connectivity index (χ0v) is 14.2. The van der Waals surface area contributed by atoms with Crippen LogP contribution in [-0.2, 0) is 6.54 Å². The average Bonchev–Trinajstić information content (AvgIpc) is 2.60. The second kappa shape index (κ2) is 7.53. The van der Waals surface area contributed by atoms with Crippen molar-refractivity contribution in [3.8, 4) is 0 Å². The maximum Gasteiger partial charge on any atom is 0.270 e. The van der Waals surface area contributed by atoms with E-state index in [9.17, 15) is 4.79 Å². The van der Waals surface area contributed by atoms with E-state index in [0.29, 0.717) is 18.2 Å². The van der Waals surface area contributed by atoms with Gasteiger partial charge in [0.05, 0.1) is 0 Å². The van der Waals surface area contributed by atoms with Crippen LogP contribution in [0.1, 0.15) is 27.2 Å². The second-order valence-electron chi connectivity index (χ2n) is 5.81. The lowest BCUT2D eigenvalue weighted by molar-refractivity contribution is 0.0946. The molecule has 6 nitrogen and oxygen atoms in total. The summed E-state index contributed by atoms with van der Waals surface area (Å²) in [6, 6.07) is 11.4. The Morgan fingerprint density at radius 2 is 1.88 bits per heavy atom. The Hall–Kier alpha value is -3.28. The lowest BCUT2D eigenvalue weighted by Crippen LogP contribution is -2.24. The predicted octanol–water partition coefficient (Wildman–Crippen LogP) is 3.16. The van der Waals surface area contributed by atoms with Crippen LogP contribution in [0.4, 0.5) is 11.6 Å². The highest BCUT2D eigenvalue weighted by molar-refractivity contribution is 5.92. The number of aryl methyl sites for hydroxylation is 2. The van der Waals surface area contributed by atoms with E-state index in [-0.39, 0.29) is 5.91 Å². The van der Waals surface area contributed by atoms with E-state index in [1.54, 1.807) is 24.7 Å². The number of aromatic nitrogens is 3. The van der Waals surface area contributed by atoms with Gasteiger partial charge in [-0.05, 0) is 54.8 Å². The van der Waals surface area contributed by atoms with Crippen molar-refractivity contribution in [3.05, 3.63) is 77.4 Å². The molecule has 6 heteroatoms. The van der Waals surface area contributed by atoms with Crippen molar-refractivity contribution in [2.45, 2.75) is 20.4 Å². The van der Waals surface area contributed by atoms with Gasteiger partial charge in [0.2, 0.25) is 5.95 Å². The first-order chi connectivity index (χ1) is 12.1. The Kier molecular flexibility index (Phi) is 4.99. The van der Waals surface area contributed by atoms with Gasteiger partial charge < -0.3 is 10.6 Å². The molecule has 2 N–H and O–H groups in total. The molecule has 0 aliphatic carbocycles. The van der Waals surface area contributed by atoms with Gasteiger partial charge in [0.1, 0.15) is 5.69 Å². The van der Waals surface area contributed by atoms with Gasteiger partial charge in [-0.3, -0.25) is 9.78 Å². The Bertz CT molecular complexity index is 860. The standard InChI is InChI=1S/C19H19N5O/c1-13-8-14(2)10-16(9-13)23-19-21-7-5-17(24-19)18(25)22-12-15-4-3-6-20-11-15/h3-11H,12H2,1-2H3,(H,22,25)(H,21,23,24). The smallest absolute Gasteiger partial charge is 0.270 e. The third kappa shape index (κ3) is 4.60. The molecular weight excluding hydrogens is 314 g/mol. The largest absolute Gasteiger partial charge is 0.347 e. The number of rotatable bonds is 5. The molecular formula is C19H19N5O. The predicted molar refractivity (Wildman–Crippen MR) is 96.6 cm³/mol. The number of carbonyl (C=O) groups excluding carboxylic acids is 1. The van der Waals surface area contributed by atoms with Crippen LogP contribution in [0.15, 0.2) is 55.0 Å². The minimum Gasteiger partial charge on any atom is -0.347 e. The van der Waals surface area contributed by atoms with Crippen molar-refractivity contribution in [3.63, 3.8) is 0 Å². The molecule has 0 aliphatic rings. The Morgan fingerprint density at radius 1 is 1.08 bits per heavy atom. The molecule has 3 rings (SSSR count). The van der Waals surface area contributed by atoms with Gasteiger partial charge in [-0.25, -0.2) is 9.97 Å².